The Labute approximate surface area is 163 Å². The molecule has 0 unspecified atom stereocenters. The number of nitrogens with zero attached hydrogens (tertiary/aromatic N) is 2. The average Bonchev–Trinajstić information content (AvgIpc) is 3.21. The Morgan fingerprint density at radius 2 is 2.07 bits per heavy atom. The van der Waals surface area contributed by atoms with Crippen LogP contribution in [-0.4, -0.2) is 58.7 Å². The second-order valence-electron chi connectivity index (χ2n) is 6.21. The zero-order valence-corrected chi connectivity index (χ0v) is 16.8. The molecule has 7 nitrogen and oxygen atoms in total. The molecule has 1 amide bonds. The first-order valence-electron chi connectivity index (χ1n) is 8.52. The van der Waals surface area contributed by atoms with E-state index in [0.29, 0.717) is 31.1 Å². The predicted octanol–water partition coefficient (Wildman–Crippen LogP) is 2.20. The lowest BCUT2D eigenvalue weighted by atomic mass is 10.3. The molecule has 1 aromatic heterocycles. The van der Waals surface area contributed by atoms with Gasteiger partial charge in [-0.1, -0.05) is 6.07 Å². The Kier molecular flexibility index (Phi) is 6.03. The molecular weight excluding hydrogens is 388 g/mol. The molecule has 9 heteroatoms. The van der Waals surface area contributed by atoms with E-state index in [1.807, 2.05) is 6.92 Å². The lowest BCUT2D eigenvalue weighted by Crippen LogP contribution is -2.46. The van der Waals surface area contributed by atoms with E-state index in [2.05, 4.69) is 0 Å². The largest absolute Gasteiger partial charge is 0.484 e. The van der Waals surface area contributed by atoms with Gasteiger partial charge in [-0.25, -0.2) is 8.42 Å². The highest BCUT2D eigenvalue weighted by Crippen LogP contribution is 2.26. The molecule has 2 aromatic rings. The summed E-state index contributed by atoms with van der Waals surface area (Å²) < 4.78 is 37.6. The molecule has 146 valence electrons. The molecule has 1 aromatic carbocycles. The van der Waals surface area contributed by atoms with E-state index in [0.717, 1.165) is 0 Å². The summed E-state index contributed by atoms with van der Waals surface area (Å²) in [6, 6.07) is 9.90. The monoisotopic (exact) mass is 410 g/mol. The van der Waals surface area contributed by atoms with Gasteiger partial charge in [0.15, 0.2) is 6.61 Å². The molecule has 1 aliphatic rings. The normalized spacial score (nSPS) is 17.6. The van der Waals surface area contributed by atoms with E-state index in [-0.39, 0.29) is 22.8 Å². The first kappa shape index (κ1) is 19.7. The molecule has 1 saturated heterocycles. The predicted molar refractivity (Wildman–Crippen MR) is 104 cm³/mol. The van der Waals surface area contributed by atoms with Crippen LogP contribution in [0.25, 0.3) is 0 Å². The molecule has 0 aliphatic carbocycles. The molecule has 0 radical (unpaired) electrons. The summed E-state index contributed by atoms with van der Waals surface area (Å²) in [5.74, 6) is 0.418. The molecule has 0 spiro atoms. The number of sulfonamides is 1. The summed E-state index contributed by atoms with van der Waals surface area (Å²) in [6.45, 7) is 3.53. The van der Waals surface area contributed by atoms with Crippen molar-refractivity contribution in [3.8, 4) is 5.75 Å². The summed E-state index contributed by atoms with van der Waals surface area (Å²) >= 11 is 1.18. The summed E-state index contributed by atoms with van der Waals surface area (Å²) in [4.78, 5) is 13.9. The Morgan fingerprint density at radius 1 is 1.33 bits per heavy atom. The lowest BCUT2D eigenvalue weighted by Gasteiger charge is -2.31. The maximum Gasteiger partial charge on any atom is 0.273 e. The average molecular weight is 411 g/mol. The Morgan fingerprint density at radius 3 is 2.70 bits per heavy atom. The van der Waals surface area contributed by atoms with Crippen LogP contribution in [-0.2, 0) is 19.6 Å². The van der Waals surface area contributed by atoms with Crippen molar-refractivity contribution in [3.63, 3.8) is 0 Å². The second kappa shape index (κ2) is 8.28. The standard InChI is InChI=1S/C18H22N2O5S2/c1-14-12-20(9-10-24-14)17(21)13-25-16-7-5-15(6-8-16)19(2)27(22,23)18-4-3-11-26-18/h3-8,11,14H,9-10,12-13H2,1-2H3/t14-/m1/s1. The first-order valence-corrected chi connectivity index (χ1v) is 10.8. The second-order valence-corrected chi connectivity index (χ2v) is 9.35. The number of carbonyl (C=O) groups excluding carboxylic acids is 1. The van der Waals surface area contributed by atoms with Crippen LogP contribution in [0.1, 0.15) is 6.92 Å². The minimum absolute atomic E-state index is 0.0304. The third-order valence-electron chi connectivity index (χ3n) is 4.27. The van der Waals surface area contributed by atoms with Crippen molar-refractivity contribution >= 4 is 33.0 Å². The molecule has 0 bridgehead atoms. The molecular formula is C18H22N2O5S2. The van der Waals surface area contributed by atoms with Crippen molar-refractivity contribution in [1.82, 2.24) is 4.90 Å². The summed E-state index contributed by atoms with van der Waals surface area (Å²) in [5.41, 5.74) is 0.518. The maximum absolute atomic E-state index is 12.5. The molecule has 0 N–H and O–H groups in total. The van der Waals surface area contributed by atoms with Gasteiger partial charge in [-0.3, -0.25) is 9.10 Å². The highest BCUT2D eigenvalue weighted by Gasteiger charge is 2.23. The van der Waals surface area contributed by atoms with Crippen LogP contribution < -0.4 is 9.04 Å². The number of hydrogen-bond donors (Lipinski definition) is 0. The van der Waals surface area contributed by atoms with Gasteiger partial charge in [-0.05, 0) is 42.6 Å². The minimum Gasteiger partial charge on any atom is -0.484 e. The van der Waals surface area contributed by atoms with Crippen LogP contribution >= 0.6 is 11.3 Å². The maximum atomic E-state index is 12.5. The van der Waals surface area contributed by atoms with Gasteiger partial charge in [-0.2, -0.15) is 0 Å². The number of morpholine rings is 1. The summed E-state index contributed by atoms with van der Waals surface area (Å²) in [7, 11) is -2.06. The van der Waals surface area contributed by atoms with Gasteiger partial charge < -0.3 is 14.4 Å². The molecule has 1 atom stereocenters. The molecule has 3 rings (SSSR count). The zero-order valence-electron chi connectivity index (χ0n) is 15.2. The fraction of sp³-hybridized carbons (Fsp3) is 0.389. The quantitative estimate of drug-likeness (QED) is 0.730. The van der Waals surface area contributed by atoms with Crippen molar-refractivity contribution in [2.45, 2.75) is 17.2 Å². The van der Waals surface area contributed by atoms with Crippen molar-refractivity contribution in [2.75, 3.05) is 37.7 Å². The van der Waals surface area contributed by atoms with Gasteiger partial charge in [0.25, 0.3) is 15.9 Å². The molecule has 1 aliphatic heterocycles. The van der Waals surface area contributed by atoms with Crippen molar-refractivity contribution in [1.29, 1.82) is 0 Å². The van der Waals surface area contributed by atoms with E-state index in [1.54, 1.807) is 46.7 Å². The third kappa shape index (κ3) is 4.60. The van der Waals surface area contributed by atoms with Crippen LogP contribution in [0, 0.1) is 0 Å². The zero-order chi connectivity index (χ0) is 19.4. The van der Waals surface area contributed by atoms with Gasteiger partial charge in [0, 0.05) is 20.1 Å². The number of hydrogen-bond acceptors (Lipinski definition) is 6. The summed E-state index contributed by atoms with van der Waals surface area (Å²) in [6.07, 6.45) is 0.0304. The van der Waals surface area contributed by atoms with Crippen LogP contribution in [0.2, 0.25) is 0 Å². The van der Waals surface area contributed by atoms with E-state index in [1.165, 1.54) is 22.7 Å². The fourth-order valence-corrected chi connectivity index (χ4v) is 5.07. The Hall–Kier alpha value is -2.10. The van der Waals surface area contributed by atoms with Crippen LogP contribution in [0.15, 0.2) is 46.0 Å². The number of ether oxygens (including phenoxy) is 2. The van der Waals surface area contributed by atoms with Crippen molar-refractivity contribution in [3.05, 3.63) is 41.8 Å². The Balaban J connectivity index is 1.59. The molecule has 2 heterocycles. The third-order valence-corrected chi connectivity index (χ3v) is 7.42. The SMILES string of the molecule is C[C@@H]1CN(C(=O)COc2ccc(N(C)S(=O)(=O)c3cccs3)cc2)CCO1. The van der Waals surface area contributed by atoms with E-state index in [4.69, 9.17) is 9.47 Å². The highest BCUT2D eigenvalue weighted by molar-refractivity contribution is 7.94. The minimum atomic E-state index is -3.57. The van der Waals surface area contributed by atoms with E-state index in [9.17, 15) is 13.2 Å². The Bertz CT molecular complexity index is 866. The number of thiophene rings is 1. The van der Waals surface area contributed by atoms with Crippen LogP contribution in [0.4, 0.5) is 5.69 Å². The van der Waals surface area contributed by atoms with Crippen LogP contribution in [0.5, 0.6) is 5.75 Å². The highest BCUT2D eigenvalue weighted by atomic mass is 32.2. The van der Waals surface area contributed by atoms with Crippen LogP contribution in [0.3, 0.4) is 0 Å². The fourth-order valence-electron chi connectivity index (χ4n) is 2.72. The number of benzene rings is 1. The molecule has 27 heavy (non-hydrogen) atoms. The van der Waals surface area contributed by atoms with Gasteiger partial charge in [0.2, 0.25) is 0 Å². The smallest absolute Gasteiger partial charge is 0.273 e. The van der Waals surface area contributed by atoms with E-state index >= 15 is 0 Å². The molecule has 0 saturated carbocycles. The number of carbonyl (C=O) groups is 1. The summed E-state index contributed by atoms with van der Waals surface area (Å²) in [5, 5.41) is 1.73. The topological polar surface area (TPSA) is 76.2 Å². The van der Waals surface area contributed by atoms with E-state index < -0.39 is 10.0 Å². The van der Waals surface area contributed by atoms with Crippen molar-refractivity contribution in [2.24, 2.45) is 0 Å². The van der Waals surface area contributed by atoms with Gasteiger partial charge in [0.05, 0.1) is 18.4 Å². The lowest BCUT2D eigenvalue weighted by molar-refractivity contribution is -0.140. The van der Waals surface area contributed by atoms with Gasteiger partial charge in [0.1, 0.15) is 9.96 Å². The number of anilines is 1. The molecule has 1 fully saturated rings. The number of rotatable bonds is 6. The number of amides is 1. The van der Waals surface area contributed by atoms with Crippen molar-refractivity contribution < 1.29 is 22.7 Å². The van der Waals surface area contributed by atoms with Gasteiger partial charge in [-0.15, -0.1) is 11.3 Å². The van der Waals surface area contributed by atoms with Gasteiger partial charge >= 0.3 is 0 Å². The first-order chi connectivity index (χ1) is 12.9.